The number of amides is 1. The molecule has 0 fully saturated rings. The molecule has 0 aliphatic rings. The number of benzene rings is 3. The van der Waals surface area contributed by atoms with Gasteiger partial charge in [0.2, 0.25) is 5.91 Å². The highest BCUT2D eigenvalue weighted by molar-refractivity contribution is 6.18. The van der Waals surface area contributed by atoms with Gasteiger partial charge in [-0.2, -0.15) is 0 Å². The summed E-state index contributed by atoms with van der Waals surface area (Å²) in [5, 5.41) is 1.61. The Balaban J connectivity index is 1.92. The van der Waals surface area contributed by atoms with E-state index in [1.54, 1.807) is 18.2 Å². The minimum Gasteiger partial charge on any atom is -0.406 e. The van der Waals surface area contributed by atoms with Gasteiger partial charge in [0.15, 0.2) is 0 Å². The lowest BCUT2D eigenvalue weighted by Crippen LogP contribution is -2.17. The van der Waals surface area contributed by atoms with Gasteiger partial charge in [-0.05, 0) is 47.4 Å². The van der Waals surface area contributed by atoms with Crippen molar-refractivity contribution in [2.24, 2.45) is 5.73 Å². The molecule has 2 N–H and O–H groups in total. The average Bonchev–Trinajstić information content (AvgIpc) is 3.00. The summed E-state index contributed by atoms with van der Waals surface area (Å²) < 4.78 is 44.0. The normalized spacial score (nSPS) is 12.1. The highest BCUT2D eigenvalue weighted by atomic mass is 19.4. The van der Waals surface area contributed by atoms with Gasteiger partial charge in [-0.15, -0.1) is 13.2 Å². The molecule has 1 aromatic heterocycles. The first-order valence-electron chi connectivity index (χ1n) is 9.83. The van der Waals surface area contributed by atoms with Crippen LogP contribution in [0.3, 0.4) is 0 Å². The Kier molecular flexibility index (Phi) is 5.13. The molecule has 0 unspecified atom stereocenters. The second-order valence-electron chi connectivity index (χ2n) is 7.78. The third-order valence-corrected chi connectivity index (χ3v) is 5.32. The quantitative estimate of drug-likeness (QED) is 0.428. The van der Waals surface area contributed by atoms with E-state index < -0.39 is 12.3 Å². The number of rotatable bonds is 5. The number of carbonyl (C=O) groups excluding carboxylic acids is 1. The molecule has 0 aliphatic heterocycles. The predicted octanol–water partition coefficient (Wildman–Crippen LogP) is 5.96. The van der Waals surface area contributed by atoms with Gasteiger partial charge in [-0.1, -0.05) is 44.2 Å². The van der Waals surface area contributed by atoms with Crippen molar-refractivity contribution >= 4 is 27.7 Å². The summed E-state index contributed by atoms with van der Waals surface area (Å²) >= 11 is 0. The molecule has 0 spiro atoms. The van der Waals surface area contributed by atoms with Crippen LogP contribution in [0.2, 0.25) is 0 Å². The van der Waals surface area contributed by atoms with E-state index in [1.165, 1.54) is 18.2 Å². The van der Waals surface area contributed by atoms with Crippen molar-refractivity contribution < 1.29 is 22.7 Å². The molecule has 0 radical (unpaired) electrons. The van der Waals surface area contributed by atoms with Gasteiger partial charge in [0.05, 0.1) is 5.52 Å². The summed E-state index contributed by atoms with van der Waals surface area (Å²) in [5.41, 5.74) is 9.46. The fourth-order valence-electron chi connectivity index (χ4n) is 3.92. The van der Waals surface area contributed by atoms with Gasteiger partial charge < -0.3 is 15.0 Å². The second kappa shape index (κ2) is 7.65. The van der Waals surface area contributed by atoms with Crippen LogP contribution in [0.1, 0.15) is 41.3 Å². The number of ether oxygens (including phenoxy) is 1. The van der Waals surface area contributed by atoms with E-state index in [0.29, 0.717) is 17.7 Å². The summed E-state index contributed by atoms with van der Waals surface area (Å²) in [6.07, 6.45) is -4.76. The van der Waals surface area contributed by atoms with Crippen molar-refractivity contribution in [2.45, 2.75) is 32.7 Å². The smallest absolute Gasteiger partial charge is 0.406 e. The number of fused-ring (bicyclic) bond motifs is 3. The first-order valence-corrected chi connectivity index (χ1v) is 9.83. The standard InChI is InChI=1S/C24H21F3N2O2/c1-14(2)16-9-10-18-21(12-16)29(20-8-4-7-19(22(18)20)23(28)30)13-15-5-3-6-17(11-15)31-24(25,26)27/h3-12,14H,13H2,1-2H3,(H2,28,30). The minimum atomic E-state index is -4.76. The van der Waals surface area contributed by atoms with Crippen LogP contribution < -0.4 is 10.5 Å². The van der Waals surface area contributed by atoms with Crippen LogP contribution >= 0.6 is 0 Å². The van der Waals surface area contributed by atoms with Crippen molar-refractivity contribution in [3.8, 4) is 5.75 Å². The average molecular weight is 426 g/mol. The first kappa shape index (κ1) is 20.8. The number of primary amides is 1. The number of hydrogen-bond acceptors (Lipinski definition) is 2. The summed E-state index contributed by atoms with van der Waals surface area (Å²) in [7, 11) is 0. The maximum absolute atomic E-state index is 12.6. The van der Waals surface area contributed by atoms with Crippen molar-refractivity contribution in [3.05, 3.63) is 77.4 Å². The van der Waals surface area contributed by atoms with Crippen molar-refractivity contribution in [3.63, 3.8) is 0 Å². The molecule has 0 bridgehead atoms. The van der Waals surface area contributed by atoms with Crippen LogP contribution in [0.4, 0.5) is 13.2 Å². The fourth-order valence-corrected chi connectivity index (χ4v) is 3.92. The first-order chi connectivity index (χ1) is 14.6. The van der Waals surface area contributed by atoms with E-state index in [4.69, 9.17) is 5.73 Å². The highest BCUT2D eigenvalue weighted by Crippen LogP contribution is 2.34. The highest BCUT2D eigenvalue weighted by Gasteiger charge is 2.31. The minimum absolute atomic E-state index is 0.272. The Morgan fingerprint density at radius 3 is 2.45 bits per heavy atom. The molecule has 1 amide bonds. The van der Waals surface area contributed by atoms with Gasteiger partial charge >= 0.3 is 6.36 Å². The number of aromatic nitrogens is 1. The molecular weight excluding hydrogens is 405 g/mol. The largest absolute Gasteiger partial charge is 0.573 e. The van der Waals surface area contributed by atoms with Crippen LogP contribution in [0.5, 0.6) is 5.75 Å². The van der Waals surface area contributed by atoms with Gasteiger partial charge in [0, 0.05) is 28.4 Å². The molecule has 3 aromatic carbocycles. The SMILES string of the molecule is CC(C)c1ccc2c3c(C(N)=O)cccc3n(Cc3cccc(OC(F)(F)F)c3)c2c1. The molecule has 160 valence electrons. The number of halogens is 3. The maximum atomic E-state index is 12.6. The molecule has 4 nitrogen and oxygen atoms in total. The molecule has 7 heteroatoms. The Hall–Kier alpha value is -3.48. The van der Waals surface area contributed by atoms with E-state index in [0.717, 1.165) is 27.4 Å². The lowest BCUT2D eigenvalue weighted by molar-refractivity contribution is -0.274. The number of hydrogen-bond donors (Lipinski definition) is 1. The fraction of sp³-hybridized carbons (Fsp3) is 0.208. The topological polar surface area (TPSA) is 57.2 Å². The Morgan fingerprint density at radius 1 is 1.03 bits per heavy atom. The molecule has 0 saturated carbocycles. The molecular formula is C24H21F3N2O2. The van der Waals surface area contributed by atoms with Crippen LogP contribution in [0.25, 0.3) is 21.8 Å². The predicted molar refractivity (Wildman–Crippen MR) is 114 cm³/mol. The summed E-state index contributed by atoms with van der Waals surface area (Å²) in [5.74, 6) is -0.514. The molecule has 0 aliphatic carbocycles. The summed E-state index contributed by atoms with van der Waals surface area (Å²) in [6, 6.07) is 17.3. The lowest BCUT2D eigenvalue weighted by Gasteiger charge is -2.12. The maximum Gasteiger partial charge on any atom is 0.573 e. The molecule has 31 heavy (non-hydrogen) atoms. The summed E-state index contributed by atoms with van der Waals surface area (Å²) in [4.78, 5) is 12.1. The van der Waals surface area contributed by atoms with Crippen molar-refractivity contribution in [2.75, 3.05) is 0 Å². The van der Waals surface area contributed by atoms with E-state index in [1.807, 2.05) is 22.8 Å². The molecule has 0 saturated heterocycles. The molecule has 0 atom stereocenters. The van der Waals surface area contributed by atoms with Crippen molar-refractivity contribution in [1.29, 1.82) is 0 Å². The van der Waals surface area contributed by atoms with Crippen LogP contribution in [-0.4, -0.2) is 16.8 Å². The molecule has 4 rings (SSSR count). The van der Waals surface area contributed by atoms with Crippen LogP contribution in [-0.2, 0) is 6.54 Å². The van der Waals surface area contributed by atoms with Gasteiger partial charge in [-0.25, -0.2) is 0 Å². The number of carbonyl (C=O) groups is 1. The van der Waals surface area contributed by atoms with E-state index in [2.05, 4.69) is 24.7 Å². The molecule has 4 aromatic rings. The Bertz CT molecular complexity index is 1290. The summed E-state index contributed by atoms with van der Waals surface area (Å²) in [6.45, 7) is 4.47. The van der Waals surface area contributed by atoms with E-state index in [9.17, 15) is 18.0 Å². The third kappa shape index (κ3) is 4.08. The monoisotopic (exact) mass is 426 g/mol. The third-order valence-electron chi connectivity index (χ3n) is 5.32. The Morgan fingerprint density at radius 2 is 1.77 bits per heavy atom. The number of alkyl halides is 3. The Labute approximate surface area is 177 Å². The van der Waals surface area contributed by atoms with Gasteiger partial charge in [0.1, 0.15) is 5.75 Å². The van der Waals surface area contributed by atoms with Crippen LogP contribution in [0, 0.1) is 0 Å². The van der Waals surface area contributed by atoms with Gasteiger partial charge in [0.25, 0.3) is 0 Å². The van der Waals surface area contributed by atoms with Crippen molar-refractivity contribution in [1.82, 2.24) is 4.57 Å². The van der Waals surface area contributed by atoms with E-state index in [-0.39, 0.29) is 11.7 Å². The second-order valence-corrected chi connectivity index (χ2v) is 7.78. The zero-order valence-corrected chi connectivity index (χ0v) is 17.0. The van der Waals surface area contributed by atoms with E-state index >= 15 is 0 Å². The zero-order chi connectivity index (χ0) is 22.3. The lowest BCUT2D eigenvalue weighted by atomic mass is 10.00. The number of nitrogens with two attached hydrogens (primary N) is 1. The molecule has 1 heterocycles. The zero-order valence-electron chi connectivity index (χ0n) is 17.0. The number of nitrogens with zero attached hydrogens (tertiary/aromatic N) is 1. The van der Waals surface area contributed by atoms with Crippen LogP contribution in [0.15, 0.2) is 60.7 Å². The van der Waals surface area contributed by atoms with Gasteiger partial charge in [-0.3, -0.25) is 4.79 Å².